The summed E-state index contributed by atoms with van der Waals surface area (Å²) in [5.41, 5.74) is 5.47. The van der Waals surface area contributed by atoms with Crippen LogP contribution >= 0.6 is 28.1 Å². The summed E-state index contributed by atoms with van der Waals surface area (Å²) in [4.78, 5) is 24.2. The summed E-state index contributed by atoms with van der Waals surface area (Å²) in [6.45, 7) is 4.14. The van der Waals surface area contributed by atoms with Gasteiger partial charge in [-0.2, -0.15) is 0 Å². The minimum Gasteiger partial charge on any atom is -0.299 e. The van der Waals surface area contributed by atoms with Crippen molar-refractivity contribution in [3.05, 3.63) is 74.3 Å². The minimum absolute atomic E-state index is 0.0295. The van der Waals surface area contributed by atoms with Gasteiger partial charge in [0, 0.05) is 4.47 Å². The Bertz CT molecular complexity index is 924. The molecule has 1 saturated heterocycles. The van der Waals surface area contributed by atoms with Gasteiger partial charge in [0.05, 0.1) is 0 Å². The highest BCUT2D eigenvalue weighted by Crippen LogP contribution is 2.23. The van der Waals surface area contributed by atoms with E-state index in [1.165, 1.54) is 16.7 Å². The van der Waals surface area contributed by atoms with E-state index < -0.39 is 11.8 Å². The third-order valence-corrected chi connectivity index (χ3v) is 4.72. The largest absolute Gasteiger partial charge is 0.299 e. The molecule has 0 aliphatic carbocycles. The summed E-state index contributed by atoms with van der Waals surface area (Å²) in [6, 6.07) is 12.3. The summed E-state index contributed by atoms with van der Waals surface area (Å²) in [7, 11) is 0. The number of benzene rings is 2. The first-order chi connectivity index (χ1) is 12.3. The van der Waals surface area contributed by atoms with Crippen molar-refractivity contribution >= 4 is 51.2 Å². The first-order valence-corrected chi connectivity index (χ1v) is 9.26. The van der Waals surface area contributed by atoms with E-state index in [0.29, 0.717) is 6.42 Å². The smallest absolute Gasteiger partial charge is 0.263 e. The van der Waals surface area contributed by atoms with E-state index >= 15 is 0 Å². The van der Waals surface area contributed by atoms with E-state index in [1.54, 1.807) is 6.08 Å². The molecule has 0 bridgehead atoms. The van der Waals surface area contributed by atoms with Crippen molar-refractivity contribution in [1.29, 1.82) is 0 Å². The molecule has 2 aromatic carbocycles. The lowest BCUT2D eigenvalue weighted by Crippen LogP contribution is -2.51. The molecule has 0 unspecified atom stereocenters. The molecule has 0 saturated carbocycles. The zero-order valence-electron chi connectivity index (χ0n) is 14.4. The maximum atomic E-state index is 12.1. The Morgan fingerprint density at radius 2 is 1.62 bits per heavy atom. The van der Waals surface area contributed by atoms with Crippen molar-refractivity contribution in [1.82, 2.24) is 10.6 Å². The molecule has 1 heterocycles. The van der Waals surface area contributed by atoms with Gasteiger partial charge in [0.15, 0.2) is 5.11 Å². The summed E-state index contributed by atoms with van der Waals surface area (Å²) >= 11 is 8.29. The first kappa shape index (κ1) is 18.5. The number of rotatable bonds is 3. The molecular formula is C20H17BrN2O2S. The number of hydrogen-bond acceptors (Lipinski definition) is 3. The summed E-state index contributed by atoms with van der Waals surface area (Å²) in [5, 5.41) is 4.95. The van der Waals surface area contributed by atoms with Gasteiger partial charge in [-0.05, 0) is 67.4 Å². The van der Waals surface area contributed by atoms with Crippen LogP contribution in [0.3, 0.4) is 0 Å². The molecule has 4 nitrogen and oxygen atoms in total. The van der Waals surface area contributed by atoms with E-state index in [2.05, 4.69) is 58.6 Å². The van der Waals surface area contributed by atoms with Gasteiger partial charge in [-0.25, -0.2) is 0 Å². The zero-order valence-corrected chi connectivity index (χ0v) is 16.8. The monoisotopic (exact) mass is 428 g/mol. The first-order valence-electron chi connectivity index (χ1n) is 8.06. The van der Waals surface area contributed by atoms with Crippen LogP contribution < -0.4 is 10.6 Å². The topological polar surface area (TPSA) is 58.2 Å². The second-order valence-corrected chi connectivity index (χ2v) is 7.64. The molecular weight excluding hydrogens is 412 g/mol. The van der Waals surface area contributed by atoms with E-state index in [-0.39, 0.29) is 10.7 Å². The number of aryl methyl sites for hydroxylation is 2. The van der Waals surface area contributed by atoms with Crippen LogP contribution in [0.25, 0.3) is 6.08 Å². The lowest BCUT2D eigenvalue weighted by Gasteiger charge is -2.17. The molecule has 132 valence electrons. The SMILES string of the molecule is Cc1cc(C)cc(Cc2ccc(Br)cc2C=C2C(=O)NC(=S)NC2=O)c1. The maximum Gasteiger partial charge on any atom is 0.263 e. The number of halogens is 1. The molecule has 0 spiro atoms. The molecule has 0 radical (unpaired) electrons. The molecule has 2 amide bonds. The average molecular weight is 429 g/mol. The van der Waals surface area contributed by atoms with Crippen LogP contribution in [0, 0.1) is 13.8 Å². The van der Waals surface area contributed by atoms with Crippen molar-refractivity contribution in [3.8, 4) is 0 Å². The quantitative estimate of drug-likeness (QED) is 0.446. The van der Waals surface area contributed by atoms with Crippen LogP contribution in [-0.4, -0.2) is 16.9 Å². The molecule has 26 heavy (non-hydrogen) atoms. The average Bonchev–Trinajstić information content (AvgIpc) is 2.52. The van der Waals surface area contributed by atoms with E-state index in [1.807, 2.05) is 18.2 Å². The fourth-order valence-corrected chi connectivity index (χ4v) is 3.58. The van der Waals surface area contributed by atoms with Gasteiger partial charge in [0.1, 0.15) is 5.57 Å². The molecule has 1 aliphatic heterocycles. The van der Waals surface area contributed by atoms with Gasteiger partial charge in [-0.3, -0.25) is 20.2 Å². The molecule has 1 aliphatic rings. The lowest BCUT2D eigenvalue weighted by atomic mass is 9.96. The van der Waals surface area contributed by atoms with E-state index in [9.17, 15) is 9.59 Å². The number of carbonyl (C=O) groups excluding carboxylic acids is 2. The second-order valence-electron chi connectivity index (χ2n) is 6.31. The van der Waals surface area contributed by atoms with Crippen LogP contribution in [0.1, 0.15) is 27.8 Å². The van der Waals surface area contributed by atoms with Crippen molar-refractivity contribution in [2.24, 2.45) is 0 Å². The zero-order chi connectivity index (χ0) is 18.8. The number of carbonyl (C=O) groups is 2. The van der Waals surface area contributed by atoms with Crippen molar-refractivity contribution in [2.75, 3.05) is 0 Å². The maximum absolute atomic E-state index is 12.1. The highest BCUT2D eigenvalue weighted by molar-refractivity contribution is 9.10. The molecule has 3 rings (SSSR count). The van der Waals surface area contributed by atoms with Crippen LogP contribution in [0.15, 0.2) is 46.4 Å². The predicted molar refractivity (Wildman–Crippen MR) is 110 cm³/mol. The Hall–Kier alpha value is -2.31. The molecule has 0 atom stereocenters. The van der Waals surface area contributed by atoms with E-state index in [4.69, 9.17) is 12.2 Å². The minimum atomic E-state index is -0.490. The Morgan fingerprint density at radius 1 is 1.00 bits per heavy atom. The molecule has 6 heteroatoms. The fourth-order valence-electron chi connectivity index (χ4n) is 3.01. The summed E-state index contributed by atoms with van der Waals surface area (Å²) < 4.78 is 0.876. The Balaban J connectivity index is 2.01. The van der Waals surface area contributed by atoms with Gasteiger partial charge in [0.2, 0.25) is 0 Å². The van der Waals surface area contributed by atoms with Gasteiger partial charge in [0.25, 0.3) is 11.8 Å². The second kappa shape index (κ2) is 7.51. The highest BCUT2D eigenvalue weighted by Gasteiger charge is 2.26. The van der Waals surface area contributed by atoms with Crippen LogP contribution in [0.2, 0.25) is 0 Å². The van der Waals surface area contributed by atoms with Crippen molar-refractivity contribution in [3.63, 3.8) is 0 Å². The normalized spacial score (nSPS) is 14.1. The number of amides is 2. The summed E-state index contributed by atoms with van der Waals surface area (Å²) in [6.07, 6.45) is 2.31. The molecule has 1 fully saturated rings. The van der Waals surface area contributed by atoms with Crippen molar-refractivity contribution in [2.45, 2.75) is 20.3 Å². The summed E-state index contributed by atoms with van der Waals surface area (Å²) in [5.74, 6) is -0.979. The van der Waals surface area contributed by atoms with E-state index in [0.717, 1.165) is 15.6 Å². The van der Waals surface area contributed by atoms with Gasteiger partial charge >= 0.3 is 0 Å². The lowest BCUT2D eigenvalue weighted by molar-refractivity contribution is -0.123. The number of hydrogen-bond donors (Lipinski definition) is 2. The fraction of sp³-hybridized carbons (Fsp3) is 0.150. The Morgan fingerprint density at radius 3 is 2.23 bits per heavy atom. The van der Waals surface area contributed by atoms with Crippen LogP contribution in [-0.2, 0) is 16.0 Å². The highest BCUT2D eigenvalue weighted by atomic mass is 79.9. The molecule has 0 aromatic heterocycles. The van der Waals surface area contributed by atoms with Crippen LogP contribution in [0.4, 0.5) is 0 Å². The Kier molecular flexibility index (Phi) is 5.34. The number of nitrogens with one attached hydrogen (secondary N) is 2. The predicted octanol–water partition coefficient (Wildman–Crippen LogP) is 3.57. The van der Waals surface area contributed by atoms with Gasteiger partial charge in [-0.15, -0.1) is 0 Å². The third kappa shape index (κ3) is 4.26. The van der Waals surface area contributed by atoms with Gasteiger partial charge in [-0.1, -0.05) is 51.3 Å². The van der Waals surface area contributed by atoms with Crippen molar-refractivity contribution < 1.29 is 9.59 Å². The molecule has 2 aromatic rings. The third-order valence-electron chi connectivity index (χ3n) is 4.03. The number of thiocarbonyl (C=S) groups is 1. The molecule has 2 N–H and O–H groups in total. The van der Waals surface area contributed by atoms with Crippen LogP contribution in [0.5, 0.6) is 0 Å². The Labute approximate surface area is 165 Å². The van der Waals surface area contributed by atoms with Gasteiger partial charge < -0.3 is 0 Å². The standard InChI is InChI=1S/C20H17BrN2O2S/c1-11-5-12(2)7-13(6-11)8-14-3-4-16(21)9-15(14)10-17-18(24)22-20(26)23-19(17)25/h3-7,9-10H,8H2,1-2H3,(H2,22,23,24,25,26).